The first-order valence-electron chi connectivity index (χ1n) is 6.89. The molecule has 0 unspecified atom stereocenters. The Balaban J connectivity index is 2.34. The number of hydrogen-bond acceptors (Lipinski definition) is 2. The molecule has 1 aromatic carbocycles. The van der Waals surface area contributed by atoms with Crippen LogP contribution in [-0.2, 0) is 10.2 Å². The zero-order valence-electron chi connectivity index (χ0n) is 11.8. The van der Waals surface area contributed by atoms with E-state index in [2.05, 4.69) is 45.0 Å². The first-order valence-corrected chi connectivity index (χ1v) is 6.89. The van der Waals surface area contributed by atoms with Crippen LogP contribution >= 0.6 is 0 Å². The van der Waals surface area contributed by atoms with Gasteiger partial charge in [0.15, 0.2) is 0 Å². The first kappa shape index (κ1) is 13.6. The second kappa shape index (κ2) is 5.02. The second-order valence-electron chi connectivity index (χ2n) is 6.22. The normalized spacial score (nSPS) is 27.1. The van der Waals surface area contributed by atoms with E-state index in [9.17, 15) is 0 Å². The number of nitrogens with two attached hydrogens (primary N) is 1. The summed E-state index contributed by atoms with van der Waals surface area (Å²) in [6, 6.07) is 8.95. The molecule has 1 atom stereocenters. The minimum Gasteiger partial charge on any atom is -0.376 e. The highest BCUT2D eigenvalue weighted by Crippen LogP contribution is 2.43. The quantitative estimate of drug-likeness (QED) is 0.890. The lowest BCUT2D eigenvalue weighted by molar-refractivity contribution is -0.0836. The fourth-order valence-electron chi connectivity index (χ4n) is 3.26. The van der Waals surface area contributed by atoms with Crippen molar-refractivity contribution in [2.75, 3.05) is 13.2 Å². The van der Waals surface area contributed by atoms with E-state index in [4.69, 9.17) is 10.5 Å². The minimum absolute atomic E-state index is 0.0433. The Morgan fingerprint density at radius 1 is 1.22 bits per heavy atom. The molecule has 1 saturated heterocycles. The van der Waals surface area contributed by atoms with Gasteiger partial charge in [0.1, 0.15) is 0 Å². The smallest absolute Gasteiger partial charge is 0.0635 e. The van der Waals surface area contributed by atoms with Gasteiger partial charge in [0, 0.05) is 12.0 Å². The summed E-state index contributed by atoms with van der Waals surface area (Å²) >= 11 is 0. The van der Waals surface area contributed by atoms with Gasteiger partial charge >= 0.3 is 0 Å². The summed E-state index contributed by atoms with van der Waals surface area (Å²) in [6.07, 6.45) is 3.18. The van der Waals surface area contributed by atoms with Crippen LogP contribution in [0.1, 0.15) is 44.2 Å². The highest BCUT2D eigenvalue weighted by Gasteiger charge is 2.41. The van der Waals surface area contributed by atoms with Crippen molar-refractivity contribution in [3.8, 4) is 0 Å². The van der Waals surface area contributed by atoms with Gasteiger partial charge in [-0.2, -0.15) is 0 Å². The van der Waals surface area contributed by atoms with Crippen LogP contribution in [0.3, 0.4) is 0 Å². The summed E-state index contributed by atoms with van der Waals surface area (Å²) in [5, 5.41) is 0. The van der Waals surface area contributed by atoms with Crippen molar-refractivity contribution in [3.05, 3.63) is 35.4 Å². The van der Waals surface area contributed by atoms with E-state index < -0.39 is 0 Å². The van der Waals surface area contributed by atoms with Gasteiger partial charge < -0.3 is 10.5 Å². The molecule has 18 heavy (non-hydrogen) atoms. The molecular formula is C16H25NO. The number of benzene rings is 1. The highest BCUT2D eigenvalue weighted by molar-refractivity contribution is 5.30. The molecule has 0 amide bonds. The molecule has 0 aromatic heterocycles. The Bertz CT molecular complexity index is 392. The molecule has 0 spiro atoms. The molecule has 0 saturated carbocycles. The van der Waals surface area contributed by atoms with Gasteiger partial charge in [0.05, 0.1) is 5.60 Å². The standard InChI is InChI=1S/C16H25NO/c1-13-4-6-14(7-5-13)16(8-10-17)9-11-18-15(2,3)12-16/h4-7H,8-12,17H2,1-3H3/t16-/m0/s1. The van der Waals surface area contributed by atoms with Crippen molar-refractivity contribution in [3.63, 3.8) is 0 Å². The third kappa shape index (κ3) is 2.76. The number of rotatable bonds is 3. The molecule has 1 aliphatic heterocycles. The zero-order valence-corrected chi connectivity index (χ0v) is 11.8. The molecule has 1 aliphatic rings. The number of ether oxygens (including phenoxy) is 1. The zero-order chi connectivity index (χ0) is 13.2. The van der Waals surface area contributed by atoms with Crippen molar-refractivity contribution in [1.29, 1.82) is 0 Å². The molecule has 0 radical (unpaired) electrons. The van der Waals surface area contributed by atoms with E-state index in [0.717, 1.165) is 32.4 Å². The lowest BCUT2D eigenvalue weighted by Crippen LogP contribution is -2.45. The third-order valence-electron chi connectivity index (χ3n) is 4.12. The molecular weight excluding hydrogens is 222 g/mol. The topological polar surface area (TPSA) is 35.2 Å². The van der Waals surface area contributed by atoms with Gasteiger partial charge in [-0.05, 0) is 52.1 Å². The van der Waals surface area contributed by atoms with E-state index in [1.165, 1.54) is 11.1 Å². The second-order valence-corrected chi connectivity index (χ2v) is 6.22. The maximum atomic E-state index is 5.87. The summed E-state index contributed by atoms with van der Waals surface area (Å²) in [4.78, 5) is 0. The summed E-state index contributed by atoms with van der Waals surface area (Å²) < 4.78 is 5.87. The molecule has 2 rings (SSSR count). The summed E-state index contributed by atoms with van der Waals surface area (Å²) in [5.41, 5.74) is 8.75. The van der Waals surface area contributed by atoms with E-state index >= 15 is 0 Å². The van der Waals surface area contributed by atoms with Crippen LogP contribution in [0.15, 0.2) is 24.3 Å². The van der Waals surface area contributed by atoms with Crippen LogP contribution in [0.25, 0.3) is 0 Å². The fourth-order valence-corrected chi connectivity index (χ4v) is 3.26. The molecule has 2 N–H and O–H groups in total. The molecule has 100 valence electrons. The molecule has 1 fully saturated rings. The van der Waals surface area contributed by atoms with Crippen molar-refractivity contribution in [1.82, 2.24) is 0 Å². The average Bonchev–Trinajstić information content (AvgIpc) is 2.28. The molecule has 0 bridgehead atoms. The molecule has 2 nitrogen and oxygen atoms in total. The highest BCUT2D eigenvalue weighted by atomic mass is 16.5. The maximum Gasteiger partial charge on any atom is 0.0635 e. The average molecular weight is 247 g/mol. The predicted octanol–water partition coefficient (Wildman–Crippen LogP) is 3.17. The Morgan fingerprint density at radius 2 is 1.89 bits per heavy atom. The van der Waals surface area contributed by atoms with Gasteiger partial charge in [0.25, 0.3) is 0 Å². The van der Waals surface area contributed by atoms with E-state index in [1.54, 1.807) is 0 Å². The Hall–Kier alpha value is -0.860. The molecule has 2 heteroatoms. The van der Waals surface area contributed by atoms with Gasteiger partial charge in [-0.1, -0.05) is 29.8 Å². The number of aryl methyl sites for hydroxylation is 1. The number of hydrogen-bond donors (Lipinski definition) is 1. The van der Waals surface area contributed by atoms with Crippen LogP contribution in [-0.4, -0.2) is 18.8 Å². The SMILES string of the molecule is Cc1ccc([C@@]2(CCN)CCOC(C)(C)C2)cc1. The summed E-state index contributed by atoms with van der Waals surface area (Å²) in [5.74, 6) is 0. The van der Waals surface area contributed by atoms with Crippen LogP contribution in [0.2, 0.25) is 0 Å². The van der Waals surface area contributed by atoms with E-state index in [1.807, 2.05) is 0 Å². The Morgan fingerprint density at radius 3 is 2.44 bits per heavy atom. The third-order valence-corrected chi connectivity index (χ3v) is 4.12. The lowest BCUT2D eigenvalue weighted by atomic mass is 9.67. The van der Waals surface area contributed by atoms with Crippen LogP contribution in [0, 0.1) is 6.92 Å². The van der Waals surface area contributed by atoms with Gasteiger partial charge in [0.2, 0.25) is 0 Å². The molecule has 0 aliphatic carbocycles. The van der Waals surface area contributed by atoms with Crippen molar-refractivity contribution in [2.24, 2.45) is 5.73 Å². The van der Waals surface area contributed by atoms with Gasteiger partial charge in [-0.3, -0.25) is 0 Å². The Kier molecular flexibility index (Phi) is 3.79. The van der Waals surface area contributed by atoms with E-state index in [0.29, 0.717) is 0 Å². The van der Waals surface area contributed by atoms with E-state index in [-0.39, 0.29) is 11.0 Å². The largest absolute Gasteiger partial charge is 0.376 e. The Labute approximate surface area is 111 Å². The van der Waals surface area contributed by atoms with Crippen molar-refractivity contribution < 1.29 is 4.74 Å². The first-order chi connectivity index (χ1) is 8.47. The molecule has 1 heterocycles. The van der Waals surface area contributed by atoms with Crippen molar-refractivity contribution in [2.45, 2.75) is 51.0 Å². The monoisotopic (exact) mass is 247 g/mol. The van der Waals surface area contributed by atoms with Crippen LogP contribution < -0.4 is 5.73 Å². The lowest BCUT2D eigenvalue weighted by Gasteiger charge is -2.45. The van der Waals surface area contributed by atoms with Gasteiger partial charge in [-0.15, -0.1) is 0 Å². The van der Waals surface area contributed by atoms with Crippen molar-refractivity contribution >= 4 is 0 Å². The predicted molar refractivity (Wildman–Crippen MR) is 75.8 cm³/mol. The maximum absolute atomic E-state index is 5.87. The minimum atomic E-state index is -0.0433. The summed E-state index contributed by atoms with van der Waals surface area (Å²) in [7, 11) is 0. The van der Waals surface area contributed by atoms with Crippen LogP contribution in [0.5, 0.6) is 0 Å². The molecule has 1 aromatic rings. The summed E-state index contributed by atoms with van der Waals surface area (Å²) in [6.45, 7) is 8.08. The van der Waals surface area contributed by atoms with Crippen LogP contribution in [0.4, 0.5) is 0 Å². The fraction of sp³-hybridized carbons (Fsp3) is 0.625. The van der Waals surface area contributed by atoms with Gasteiger partial charge in [-0.25, -0.2) is 0 Å².